The van der Waals surface area contributed by atoms with Crippen molar-refractivity contribution in [2.45, 2.75) is 5.88 Å². The van der Waals surface area contributed by atoms with Gasteiger partial charge in [-0.2, -0.15) is 0 Å². The van der Waals surface area contributed by atoms with Crippen molar-refractivity contribution in [2.24, 2.45) is 0 Å². The summed E-state index contributed by atoms with van der Waals surface area (Å²) in [6.07, 6.45) is 0. The maximum absolute atomic E-state index is 12.9. The van der Waals surface area contributed by atoms with Crippen molar-refractivity contribution < 1.29 is 4.39 Å². The van der Waals surface area contributed by atoms with E-state index in [4.69, 9.17) is 11.6 Å². The molecule has 0 unspecified atom stereocenters. The van der Waals surface area contributed by atoms with E-state index in [1.54, 1.807) is 6.07 Å². The van der Waals surface area contributed by atoms with Crippen molar-refractivity contribution in [1.82, 2.24) is 0 Å². The number of alkyl halides is 1. The Morgan fingerprint density at radius 1 is 1.36 bits per heavy atom. The molecule has 0 aliphatic carbocycles. The standard InChI is InChI=1S/C7H4Br2ClF/c8-5-1-2-6(11)4(3-10)7(5)9/h1-2H,3H2. The molecule has 0 fully saturated rings. The molecule has 0 nitrogen and oxygen atoms in total. The lowest BCUT2D eigenvalue weighted by molar-refractivity contribution is 0.615. The molecular weight excluding hydrogens is 298 g/mol. The van der Waals surface area contributed by atoms with Crippen LogP contribution in [0.5, 0.6) is 0 Å². The number of hydrogen-bond acceptors (Lipinski definition) is 0. The molecule has 0 saturated heterocycles. The van der Waals surface area contributed by atoms with Gasteiger partial charge in [-0.3, -0.25) is 0 Å². The largest absolute Gasteiger partial charge is 0.207 e. The Bertz CT molecular complexity index is 275. The summed E-state index contributed by atoms with van der Waals surface area (Å²) in [4.78, 5) is 0. The molecule has 0 saturated carbocycles. The van der Waals surface area contributed by atoms with Gasteiger partial charge in [0.15, 0.2) is 0 Å². The lowest BCUT2D eigenvalue weighted by atomic mass is 10.2. The fourth-order valence-corrected chi connectivity index (χ4v) is 1.95. The van der Waals surface area contributed by atoms with Crippen molar-refractivity contribution in [1.29, 1.82) is 0 Å². The van der Waals surface area contributed by atoms with Crippen molar-refractivity contribution in [3.63, 3.8) is 0 Å². The Kier molecular flexibility index (Phi) is 3.34. The first-order valence-corrected chi connectivity index (χ1v) is 4.97. The van der Waals surface area contributed by atoms with E-state index in [1.807, 2.05) is 0 Å². The smallest absolute Gasteiger partial charge is 0.128 e. The zero-order valence-corrected chi connectivity index (χ0v) is 9.30. The molecule has 0 heterocycles. The Morgan fingerprint density at radius 3 is 2.45 bits per heavy atom. The number of hydrogen-bond donors (Lipinski definition) is 0. The number of benzene rings is 1. The van der Waals surface area contributed by atoms with Crippen LogP contribution in [0, 0.1) is 5.82 Å². The summed E-state index contributed by atoms with van der Waals surface area (Å²) in [5.74, 6) is -0.110. The van der Waals surface area contributed by atoms with Crippen molar-refractivity contribution in [3.8, 4) is 0 Å². The molecule has 11 heavy (non-hydrogen) atoms. The van der Waals surface area contributed by atoms with Crippen LogP contribution < -0.4 is 0 Å². The van der Waals surface area contributed by atoms with E-state index in [9.17, 15) is 4.39 Å². The molecule has 0 spiro atoms. The summed E-state index contributed by atoms with van der Waals surface area (Å²) in [6, 6.07) is 3.02. The Labute approximate surface area is 86.0 Å². The van der Waals surface area contributed by atoms with E-state index in [0.29, 0.717) is 10.0 Å². The van der Waals surface area contributed by atoms with Crippen LogP contribution in [-0.4, -0.2) is 0 Å². The normalized spacial score (nSPS) is 10.2. The maximum Gasteiger partial charge on any atom is 0.128 e. The highest BCUT2D eigenvalue weighted by molar-refractivity contribution is 9.13. The Balaban J connectivity index is 3.29. The third-order valence-corrected chi connectivity index (χ3v) is 3.64. The second-order valence-corrected chi connectivity index (χ2v) is 3.87. The van der Waals surface area contributed by atoms with Crippen LogP contribution in [0.1, 0.15) is 5.56 Å². The highest BCUT2D eigenvalue weighted by Crippen LogP contribution is 2.29. The van der Waals surface area contributed by atoms with Gasteiger partial charge in [-0.05, 0) is 44.0 Å². The van der Waals surface area contributed by atoms with E-state index in [0.717, 1.165) is 4.47 Å². The fraction of sp³-hybridized carbons (Fsp3) is 0.143. The molecule has 0 atom stereocenters. The highest BCUT2D eigenvalue weighted by atomic mass is 79.9. The van der Waals surface area contributed by atoms with Gasteiger partial charge in [0.2, 0.25) is 0 Å². The summed E-state index contributed by atoms with van der Waals surface area (Å²) in [5, 5.41) is 0. The molecule has 0 amide bonds. The number of halogens is 4. The summed E-state index contributed by atoms with van der Waals surface area (Å²) in [5.41, 5.74) is 0.487. The first-order chi connectivity index (χ1) is 5.16. The van der Waals surface area contributed by atoms with Gasteiger partial charge in [0.05, 0.1) is 5.88 Å². The van der Waals surface area contributed by atoms with E-state index in [1.165, 1.54) is 6.07 Å². The van der Waals surface area contributed by atoms with Crippen LogP contribution in [0.25, 0.3) is 0 Å². The third-order valence-electron chi connectivity index (χ3n) is 1.27. The van der Waals surface area contributed by atoms with Gasteiger partial charge in [0, 0.05) is 14.5 Å². The van der Waals surface area contributed by atoms with Crippen LogP contribution in [0.4, 0.5) is 4.39 Å². The van der Waals surface area contributed by atoms with Crippen molar-refractivity contribution in [3.05, 3.63) is 32.5 Å². The van der Waals surface area contributed by atoms with Crippen LogP contribution in [0.2, 0.25) is 0 Å². The van der Waals surface area contributed by atoms with Gasteiger partial charge in [0.25, 0.3) is 0 Å². The minimum absolute atomic E-state index is 0.172. The van der Waals surface area contributed by atoms with Crippen molar-refractivity contribution in [2.75, 3.05) is 0 Å². The summed E-state index contributed by atoms with van der Waals surface area (Å²) < 4.78 is 14.4. The van der Waals surface area contributed by atoms with Crippen LogP contribution in [0.15, 0.2) is 21.1 Å². The lowest BCUT2D eigenvalue weighted by Crippen LogP contribution is -1.88. The van der Waals surface area contributed by atoms with Gasteiger partial charge in [-0.1, -0.05) is 0 Å². The summed E-state index contributed by atoms with van der Waals surface area (Å²) in [6.45, 7) is 0. The molecule has 0 aliphatic heterocycles. The van der Waals surface area contributed by atoms with E-state index >= 15 is 0 Å². The fourth-order valence-electron chi connectivity index (χ4n) is 0.692. The molecule has 1 aromatic carbocycles. The van der Waals surface area contributed by atoms with E-state index in [2.05, 4.69) is 31.9 Å². The quantitative estimate of drug-likeness (QED) is 0.541. The molecule has 1 rings (SSSR count). The average Bonchev–Trinajstić information content (AvgIpc) is 1.99. The molecule has 1 aromatic rings. The van der Waals surface area contributed by atoms with Gasteiger partial charge < -0.3 is 0 Å². The van der Waals surface area contributed by atoms with Gasteiger partial charge in [-0.25, -0.2) is 4.39 Å². The number of rotatable bonds is 1. The van der Waals surface area contributed by atoms with Crippen LogP contribution in [0.3, 0.4) is 0 Å². The lowest BCUT2D eigenvalue weighted by Gasteiger charge is -2.02. The monoisotopic (exact) mass is 300 g/mol. The minimum Gasteiger partial charge on any atom is -0.207 e. The first-order valence-electron chi connectivity index (χ1n) is 2.85. The Hall–Kier alpha value is 0.400. The molecule has 4 heteroatoms. The van der Waals surface area contributed by atoms with Gasteiger partial charge in [-0.15, -0.1) is 11.6 Å². The predicted molar refractivity (Wildman–Crippen MR) is 51.4 cm³/mol. The Morgan fingerprint density at radius 2 is 2.00 bits per heavy atom. The zero-order valence-electron chi connectivity index (χ0n) is 5.37. The molecule has 60 valence electrons. The topological polar surface area (TPSA) is 0 Å². The van der Waals surface area contributed by atoms with E-state index in [-0.39, 0.29) is 11.7 Å². The second kappa shape index (κ2) is 3.87. The SMILES string of the molecule is Fc1ccc(Br)c(Br)c1CCl. The van der Waals surface area contributed by atoms with Crippen LogP contribution in [-0.2, 0) is 5.88 Å². The van der Waals surface area contributed by atoms with Crippen molar-refractivity contribution >= 4 is 43.5 Å². The molecule has 0 aromatic heterocycles. The molecule has 0 bridgehead atoms. The first kappa shape index (κ1) is 9.49. The van der Waals surface area contributed by atoms with E-state index < -0.39 is 0 Å². The third kappa shape index (κ3) is 1.95. The summed E-state index contributed by atoms with van der Waals surface area (Å²) in [7, 11) is 0. The minimum atomic E-state index is -0.282. The summed E-state index contributed by atoms with van der Waals surface area (Å²) >= 11 is 12.0. The second-order valence-electron chi connectivity index (χ2n) is 1.96. The maximum atomic E-state index is 12.9. The highest BCUT2D eigenvalue weighted by Gasteiger charge is 2.07. The molecule has 0 N–H and O–H groups in total. The van der Waals surface area contributed by atoms with Gasteiger partial charge >= 0.3 is 0 Å². The molecule has 0 radical (unpaired) electrons. The zero-order chi connectivity index (χ0) is 8.43. The molecule has 0 aliphatic rings. The predicted octanol–water partition coefficient (Wildman–Crippen LogP) is 4.09. The molecular formula is C7H4Br2ClF. The van der Waals surface area contributed by atoms with Crippen LogP contribution >= 0.6 is 43.5 Å². The average molecular weight is 302 g/mol. The van der Waals surface area contributed by atoms with Gasteiger partial charge in [0.1, 0.15) is 5.82 Å².